The Morgan fingerprint density at radius 1 is 1.38 bits per heavy atom. The second-order valence-electron chi connectivity index (χ2n) is 2.51. The summed E-state index contributed by atoms with van der Waals surface area (Å²) >= 11 is 0. The minimum atomic E-state index is 0.647. The number of hydrogen-bond acceptors (Lipinski definition) is 2. The largest absolute Gasteiger partial charge is 0.496 e. The molecule has 2 heteroatoms. The van der Waals surface area contributed by atoms with Gasteiger partial charge in [-0.25, -0.2) is 0 Å². The van der Waals surface area contributed by atoms with Crippen molar-refractivity contribution in [3.8, 4) is 11.5 Å². The van der Waals surface area contributed by atoms with E-state index in [1.54, 1.807) is 13.2 Å². The molecular weight excluding hydrogens is 164 g/mol. The Labute approximate surface area is 78.8 Å². The Morgan fingerprint density at radius 3 is 2.62 bits per heavy atom. The van der Waals surface area contributed by atoms with Crippen LogP contribution in [0.5, 0.6) is 11.5 Å². The Bertz CT molecular complexity index is 292. The summed E-state index contributed by atoms with van der Waals surface area (Å²) in [5.74, 6) is 1.61. The fraction of sp³-hybridized carbons (Fsp3) is 0.273. The predicted octanol–water partition coefficient (Wildman–Crippen LogP) is 2.74. The third-order valence-electron chi connectivity index (χ3n) is 1.75. The maximum absolute atomic E-state index is 5.42. The minimum Gasteiger partial charge on any atom is -0.496 e. The number of rotatable bonds is 4. The molecule has 0 aliphatic rings. The van der Waals surface area contributed by atoms with E-state index in [1.807, 2.05) is 25.1 Å². The van der Waals surface area contributed by atoms with Crippen LogP contribution in [0, 0.1) is 0 Å². The summed E-state index contributed by atoms with van der Waals surface area (Å²) in [6, 6.07) is 5.69. The van der Waals surface area contributed by atoms with Crippen molar-refractivity contribution in [1.29, 1.82) is 0 Å². The van der Waals surface area contributed by atoms with Gasteiger partial charge in [0.05, 0.1) is 19.3 Å². The van der Waals surface area contributed by atoms with E-state index in [9.17, 15) is 0 Å². The van der Waals surface area contributed by atoms with E-state index < -0.39 is 0 Å². The monoisotopic (exact) mass is 178 g/mol. The standard InChI is InChI=1S/C11H14O2/c1-4-9-10(12-3)7-6-8-11(9)13-5-2/h4,6-8H,1,5H2,2-3H3. The average Bonchev–Trinajstić information content (AvgIpc) is 2.18. The molecule has 0 fully saturated rings. The lowest BCUT2D eigenvalue weighted by Crippen LogP contribution is -1.95. The summed E-state index contributed by atoms with van der Waals surface area (Å²) in [5.41, 5.74) is 0.909. The Kier molecular flexibility index (Phi) is 3.38. The molecule has 0 N–H and O–H groups in total. The first kappa shape index (κ1) is 9.65. The summed E-state index contributed by atoms with van der Waals surface area (Å²) in [6.45, 7) is 6.32. The van der Waals surface area contributed by atoms with Crippen molar-refractivity contribution < 1.29 is 9.47 Å². The summed E-state index contributed by atoms with van der Waals surface area (Å²) in [4.78, 5) is 0. The van der Waals surface area contributed by atoms with Crippen LogP contribution in [-0.4, -0.2) is 13.7 Å². The fourth-order valence-electron chi connectivity index (χ4n) is 1.18. The molecule has 70 valence electrons. The van der Waals surface area contributed by atoms with Gasteiger partial charge in [0.25, 0.3) is 0 Å². The predicted molar refractivity (Wildman–Crippen MR) is 54.3 cm³/mol. The summed E-state index contributed by atoms with van der Waals surface area (Å²) < 4.78 is 10.6. The number of ether oxygens (including phenoxy) is 2. The van der Waals surface area contributed by atoms with E-state index in [0.29, 0.717) is 6.61 Å². The molecule has 0 saturated carbocycles. The van der Waals surface area contributed by atoms with Gasteiger partial charge in [-0.05, 0) is 19.1 Å². The molecule has 1 aromatic carbocycles. The molecule has 0 unspecified atom stereocenters. The van der Waals surface area contributed by atoms with Gasteiger partial charge < -0.3 is 9.47 Å². The van der Waals surface area contributed by atoms with Crippen LogP contribution in [-0.2, 0) is 0 Å². The third kappa shape index (κ3) is 2.02. The van der Waals surface area contributed by atoms with Crippen molar-refractivity contribution in [2.75, 3.05) is 13.7 Å². The SMILES string of the molecule is C=Cc1c(OC)cccc1OCC. The Hall–Kier alpha value is -1.44. The summed E-state index contributed by atoms with van der Waals surface area (Å²) in [6.07, 6.45) is 1.74. The van der Waals surface area contributed by atoms with Crippen LogP contribution in [0.25, 0.3) is 6.08 Å². The van der Waals surface area contributed by atoms with Gasteiger partial charge in [0.15, 0.2) is 0 Å². The zero-order chi connectivity index (χ0) is 9.68. The lowest BCUT2D eigenvalue weighted by molar-refractivity contribution is 0.335. The normalized spacial score (nSPS) is 9.38. The lowest BCUT2D eigenvalue weighted by Gasteiger charge is -2.10. The third-order valence-corrected chi connectivity index (χ3v) is 1.75. The first-order valence-corrected chi connectivity index (χ1v) is 4.25. The molecule has 13 heavy (non-hydrogen) atoms. The second-order valence-corrected chi connectivity index (χ2v) is 2.51. The molecular formula is C11H14O2. The van der Waals surface area contributed by atoms with Crippen molar-refractivity contribution in [3.05, 3.63) is 30.3 Å². The topological polar surface area (TPSA) is 18.5 Å². The highest BCUT2D eigenvalue weighted by Gasteiger charge is 2.05. The van der Waals surface area contributed by atoms with Gasteiger partial charge in [-0.3, -0.25) is 0 Å². The van der Waals surface area contributed by atoms with Crippen LogP contribution in [0.15, 0.2) is 24.8 Å². The lowest BCUT2D eigenvalue weighted by atomic mass is 10.2. The molecule has 1 rings (SSSR count). The van der Waals surface area contributed by atoms with Crippen LogP contribution in [0.2, 0.25) is 0 Å². The van der Waals surface area contributed by atoms with Crippen LogP contribution >= 0.6 is 0 Å². The van der Waals surface area contributed by atoms with Gasteiger partial charge in [-0.15, -0.1) is 0 Å². The maximum Gasteiger partial charge on any atom is 0.130 e. The highest BCUT2D eigenvalue weighted by atomic mass is 16.5. The average molecular weight is 178 g/mol. The van der Waals surface area contributed by atoms with E-state index in [4.69, 9.17) is 9.47 Å². The molecule has 1 aromatic rings. The molecule has 2 nitrogen and oxygen atoms in total. The molecule has 0 aliphatic heterocycles. The molecule has 0 saturated heterocycles. The molecule has 0 aromatic heterocycles. The highest BCUT2D eigenvalue weighted by molar-refractivity contribution is 5.63. The van der Waals surface area contributed by atoms with E-state index in [2.05, 4.69) is 6.58 Å². The molecule has 0 amide bonds. The van der Waals surface area contributed by atoms with Gasteiger partial charge in [0.2, 0.25) is 0 Å². The second kappa shape index (κ2) is 4.55. The Balaban J connectivity index is 3.10. The zero-order valence-electron chi connectivity index (χ0n) is 8.04. The van der Waals surface area contributed by atoms with E-state index in [-0.39, 0.29) is 0 Å². The number of methoxy groups -OCH3 is 1. The van der Waals surface area contributed by atoms with Crippen LogP contribution in [0.1, 0.15) is 12.5 Å². The van der Waals surface area contributed by atoms with Gasteiger partial charge in [-0.1, -0.05) is 18.7 Å². The van der Waals surface area contributed by atoms with Crippen molar-refractivity contribution in [2.24, 2.45) is 0 Å². The molecule has 0 spiro atoms. The number of hydrogen-bond donors (Lipinski definition) is 0. The molecule has 0 bridgehead atoms. The van der Waals surface area contributed by atoms with E-state index in [1.165, 1.54) is 0 Å². The highest BCUT2D eigenvalue weighted by Crippen LogP contribution is 2.29. The van der Waals surface area contributed by atoms with Crippen molar-refractivity contribution >= 4 is 6.08 Å². The quantitative estimate of drug-likeness (QED) is 0.705. The first-order chi connectivity index (χ1) is 6.33. The van der Waals surface area contributed by atoms with Gasteiger partial charge in [-0.2, -0.15) is 0 Å². The summed E-state index contributed by atoms with van der Waals surface area (Å²) in [5, 5.41) is 0. The van der Waals surface area contributed by atoms with E-state index in [0.717, 1.165) is 17.1 Å². The van der Waals surface area contributed by atoms with Crippen molar-refractivity contribution in [1.82, 2.24) is 0 Å². The van der Waals surface area contributed by atoms with Gasteiger partial charge in [0.1, 0.15) is 11.5 Å². The van der Waals surface area contributed by atoms with Crippen LogP contribution in [0.3, 0.4) is 0 Å². The first-order valence-electron chi connectivity index (χ1n) is 4.25. The summed E-state index contributed by atoms with van der Waals surface area (Å²) in [7, 11) is 1.64. The van der Waals surface area contributed by atoms with Crippen molar-refractivity contribution in [2.45, 2.75) is 6.92 Å². The van der Waals surface area contributed by atoms with Gasteiger partial charge >= 0.3 is 0 Å². The molecule has 0 atom stereocenters. The maximum atomic E-state index is 5.42. The van der Waals surface area contributed by atoms with E-state index >= 15 is 0 Å². The number of benzene rings is 1. The molecule has 0 radical (unpaired) electrons. The molecule has 0 aliphatic carbocycles. The van der Waals surface area contributed by atoms with Crippen molar-refractivity contribution in [3.63, 3.8) is 0 Å². The molecule has 0 heterocycles. The van der Waals surface area contributed by atoms with Crippen LogP contribution < -0.4 is 9.47 Å². The fourth-order valence-corrected chi connectivity index (χ4v) is 1.18. The van der Waals surface area contributed by atoms with Gasteiger partial charge in [0, 0.05) is 0 Å². The van der Waals surface area contributed by atoms with Crippen LogP contribution in [0.4, 0.5) is 0 Å². The smallest absolute Gasteiger partial charge is 0.130 e. The minimum absolute atomic E-state index is 0.647. The zero-order valence-corrected chi connectivity index (χ0v) is 8.04. The Morgan fingerprint density at radius 2 is 2.08 bits per heavy atom.